The van der Waals surface area contributed by atoms with E-state index in [0.29, 0.717) is 29.7 Å². The maximum atomic E-state index is 13.0. The summed E-state index contributed by atoms with van der Waals surface area (Å²) in [5, 5.41) is 7.55. The SMILES string of the molecule is Cc1nn([C@@H]2CCS(=O)(=O)C2)c2nc(C3CC3)cc(C(=O)OCC(=O)N3CCNC3=O)c12. The summed E-state index contributed by atoms with van der Waals surface area (Å²) in [7, 11) is -3.13. The first-order chi connectivity index (χ1) is 15.2. The average Bonchev–Trinajstić information content (AvgIpc) is 3.30. The minimum atomic E-state index is -3.13. The number of amides is 3. The molecular weight excluding hydrogens is 438 g/mol. The monoisotopic (exact) mass is 461 g/mol. The zero-order valence-corrected chi connectivity index (χ0v) is 18.4. The van der Waals surface area contributed by atoms with Crippen LogP contribution in [0.3, 0.4) is 0 Å². The van der Waals surface area contributed by atoms with Gasteiger partial charge in [0.15, 0.2) is 22.1 Å². The Morgan fingerprint density at radius 3 is 2.69 bits per heavy atom. The lowest BCUT2D eigenvalue weighted by molar-refractivity contribution is -0.130. The summed E-state index contributed by atoms with van der Waals surface area (Å²) in [6, 6.07) is 0.842. The molecule has 0 unspecified atom stereocenters. The molecule has 2 saturated heterocycles. The third-order valence-corrected chi connectivity index (χ3v) is 7.86. The molecule has 0 spiro atoms. The Kier molecular flexibility index (Phi) is 4.91. The first-order valence-electron chi connectivity index (χ1n) is 10.6. The fraction of sp³-hybridized carbons (Fsp3) is 0.550. The topological polar surface area (TPSA) is 141 Å². The number of fused-ring (bicyclic) bond motifs is 1. The van der Waals surface area contributed by atoms with E-state index in [4.69, 9.17) is 9.72 Å². The molecular formula is C20H23N5O6S. The van der Waals surface area contributed by atoms with Crippen LogP contribution in [0.5, 0.6) is 0 Å². The van der Waals surface area contributed by atoms with E-state index in [2.05, 4.69) is 10.4 Å². The zero-order valence-electron chi connectivity index (χ0n) is 17.5. The molecule has 1 aliphatic carbocycles. The van der Waals surface area contributed by atoms with Gasteiger partial charge in [-0.15, -0.1) is 0 Å². The Balaban J connectivity index is 1.47. The van der Waals surface area contributed by atoms with E-state index in [1.54, 1.807) is 17.7 Å². The Hall–Kier alpha value is -3.02. The fourth-order valence-electron chi connectivity index (χ4n) is 4.30. The van der Waals surface area contributed by atoms with Gasteiger partial charge in [-0.1, -0.05) is 0 Å². The molecule has 2 aromatic rings. The van der Waals surface area contributed by atoms with Crippen molar-refractivity contribution in [2.24, 2.45) is 0 Å². The number of ether oxygens (including phenoxy) is 1. The van der Waals surface area contributed by atoms with Crippen LogP contribution in [-0.4, -0.2) is 77.2 Å². The van der Waals surface area contributed by atoms with Gasteiger partial charge in [-0.25, -0.2) is 27.7 Å². The lowest BCUT2D eigenvalue weighted by atomic mass is 10.1. The standard InChI is InChI=1S/C20H23N5O6S/c1-11-17-14(19(27)31-9-16(26)24-6-5-21-20(24)28)8-15(12-2-3-12)22-18(17)25(23-11)13-4-7-32(29,30)10-13/h8,12-13H,2-7,9-10H2,1H3,(H,21,28)/t13-/m1/s1. The number of carbonyl (C=O) groups excluding carboxylic acids is 3. The first-order valence-corrected chi connectivity index (χ1v) is 12.4. The molecule has 5 rings (SSSR count). The Morgan fingerprint density at radius 1 is 1.28 bits per heavy atom. The van der Waals surface area contributed by atoms with Crippen LogP contribution < -0.4 is 5.32 Å². The molecule has 11 nitrogen and oxygen atoms in total. The zero-order chi connectivity index (χ0) is 22.6. The number of imide groups is 1. The average molecular weight is 462 g/mol. The molecule has 0 bridgehead atoms. The highest BCUT2D eigenvalue weighted by molar-refractivity contribution is 7.91. The molecule has 0 radical (unpaired) electrons. The van der Waals surface area contributed by atoms with E-state index in [0.717, 1.165) is 23.4 Å². The Bertz CT molecular complexity index is 1250. The van der Waals surface area contributed by atoms with Crippen LogP contribution in [0.1, 0.15) is 53.0 Å². The summed E-state index contributed by atoms with van der Waals surface area (Å²) in [6.45, 7) is 1.78. The molecule has 4 heterocycles. The highest BCUT2D eigenvalue weighted by atomic mass is 32.2. The van der Waals surface area contributed by atoms with Gasteiger partial charge in [0, 0.05) is 24.7 Å². The van der Waals surface area contributed by atoms with Gasteiger partial charge in [0.2, 0.25) is 0 Å². The highest BCUT2D eigenvalue weighted by Gasteiger charge is 2.34. The number of urea groups is 1. The maximum Gasteiger partial charge on any atom is 0.339 e. The number of aromatic nitrogens is 3. The second-order valence-electron chi connectivity index (χ2n) is 8.51. The molecule has 32 heavy (non-hydrogen) atoms. The number of hydrogen-bond donors (Lipinski definition) is 1. The summed E-state index contributed by atoms with van der Waals surface area (Å²) in [4.78, 5) is 42.6. The molecule has 12 heteroatoms. The van der Waals surface area contributed by atoms with Crippen molar-refractivity contribution in [1.82, 2.24) is 25.0 Å². The van der Waals surface area contributed by atoms with E-state index in [9.17, 15) is 22.8 Å². The van der Waals surface area contributed by atoms with Crippen molar-refractivity contribution in [2.45, 2.75) is 38.1 Å². The highest BCUT2D eigenvalue weighted by Crippen LogP contribution is 2.41. The largest absolute Gasteiger partial charge is 0.452 e. The molecule has 3 amide bonds. The molecule has 1 atom stereocenters. The van der Waals surface area contributed by atoms with E-state index >= 15 is 0 Å². The minimum Gasteiger partial charge on any atom is -0.452 e. The van der Waals surface area contributed by atoms with Gasteiger partial charge in [0.05, 0.1) is 34.2 Å². The van der Waals surface area contributed by atoms with Crippen molar-refractivity contribution in [3.63, 3.8) is 0 Å². The molecule has 3 fully saturated rings. The van der Waals surface area contributed by atoms with Gasteiger partial charge in [0.1, 0.15) is 0 Å². The number of rotatable bonds is 5. The summed E-state index contributed by atoms with van der Waals surface area (Å²) in [6.07, 6.45) is 2.36. The third-order valence-electron chi connectivity index (χ3n) is 6.11. The van der Waals surface area contributed by atoms with Crippen LogP contribution in [0.25, 0.3) is 11.0 Å². The van der Waals surface area contributed by atoms with E-state index < -0.39 is 34.4 Å². The molecule has 170 valence electrons. The number of aryl methyl sites for hydroxylation is 1. The van der Waals surface area contributed by atoms with Gasteiger partial charge >= 0.3 is 12.0 Å². The van der Waals surface area contributed by atoms with Gasteiger partial charge in [-0.3, -0.25) is 9.69 Å². The first kappa shape index (κ1) is 20.9. The van der Waals surface area contributed by atoms with Crippen LogP contribution in [0, 0.1) is 6.92 Å². The van der Waals surface area contributed by atoms with Crippen LogP contribution in [0.2, 0.25) is 0 Å². The molecule has 1 N–H and O–H groups in total. The van der Waals surface area contributed by atoms with Crippen molar-refractivity contribution in [1.29, 1.82) is 0 Å². The fourth-order valence-corrected chi connectivity index (χ4v) is 5.99. The Labute approximate surface area is 184 Å². The second-order valence-corrected chi connectivity index (χ2v) is 10.7. The quantitative estimate of drug-likeness (QED) is 0.641. The summed E-state index contributed by atoms with van der Waals surface area (Å²) < 4.78 is 30.9. The number of pyridine rings is 1. The molecule has 2 aromatic heterocycles. The molecule has 2 aliphatic heterocycles. The number of carbonyl (C=O) groups is 3. The summed E-state index contributed by atoms with van der Waals surface area (Å²) >= 11 is 0. The smallest absolute Gasteiger partial charge is 0.339 e. The number of sulfone groups is 1. The van der Waals surface area contributed by atoms with Crippen LogP contribution in [0.4, 0.5) is 4.79 Å². The van der Waals surface area contributed by atoms with Crippen molar-refractivity contribution in [2.75, 3.05) is 31.2 Å². The van der Waals surface area contributed by atoms with E-state index in [1.165, 1.54) is 0 Å². The van der Waals surface area contributed by atoms with Crippen molar-refractivity contribution >= 4 is 38.8 Å². The van der Waals surface area contributed by atoms with Gasteiger partial charge in [0.25, 0.3) is 5.91 Å². The molecule has 1 saturated carbocycles. The van der Waals surface area contributed by atoms with Crippen LogP contribution in [-0.2, 0) is 19.4 Å². The van der Waals surface area contributed by atoms with Crippen LogP contribution >= 0.6 is 0 Å². The van der Waals surface area contributed by atoms with Crippen molar-refractivity contribution in [3.05, 3.63) is 23.0 Å². The normalized spacial score (nSPS) is 22.3. The van der Waals surface area contributed by atoms with Gasteiger partial charge in [-0.05, 0) is 32.3 Å². The van der Waals surface area contributed by atoms with Crippen molar-refractivity contribution in [3.8, 4) is 0 Å². The van der Waals surface area contributed by atoms with Gasteiger partial charge < -0.3 is 10.1 Å². The number of esters is 1. The van der Waals surface area contributed by atoms with Crippen LogP contribution in [0.15, 0.2) is 6.07 Å². The Morgan fingerprint density at radius 2 is 2.06 bits per heavy atom. The summed E-state index contributed by atoms with van der Waals surface area (Å²) in [5.74, 6) is -0.970. The second kappa shape index (κ2) is 7.54. The lowest BCUT2D eigenvalue weighted by Crippen LogP contribution is -2.37. The van der Waals surface area contributed by atoms with E-state index in [-0.39, 0.29) is 35.6 Å². The summed E-state index contributed by atoms with van der Waals surface area (Å²) in [5.41, 5.74) is 1.99. The predicted molar refractivity (Wildman–Crippen MR) is 112 cm³/mol. The van der Waals surface area contributed by atoms with Crippen molar-refractivity contribution < 1.29 is 27.5 Å². The third kappa shape index (κ3) is 3.72. The molecule has 0 aromatic carbocycles. The number of nitrogens with one attached hydrogen (secondary N) is 1. The van der Waals surface area contributed by atoms with E-state index in [1.807, 2.05) is 0 Å². The van der Waals surface area contributed by atoms with Gasteiger partial charge in [-0.2, -0.15) is 5.10 Å². The maximum absolute atomic E-state index is 13.0. The lowest BCUT2D eigenvalue weighted by Gasteiger charge is -2.13. The predicted octanol–water partition coefficient (Wildman–Crippen LogP) is 0.685. The number of nitrogens with zero attached hydrogens (tertiary/aromatic N) is 4. The number of hydrogen-bond acceptors (Lipinski definition) is 8. The minimum absolute atomic E-state index is 0.00919. The molecule has 3 aliphatic rings.